The smallest absolute Gasteiger partial charge is 0.312 e. The number of nitrogens with one attached hydrogen (secondary N) is 1. The van der Waals surface area contributed by atoms with Gasteiger partial charge in [0.1, 0.15) is 0 Å². The average molecular weight is 169 g/mol. The van der Waals surface area contributed by atoms with Crippen molar-refractivity contribution in [1.82, 2.24) is 5.32 Å². The third-order valence-electron chi connectivity index (χ3n) is 1.74. The van der Waals surface area contributed by atoms with Gasteiger partial charge in [-0.2, -0.15) is 0 Å². The molecule has 0 bridgehead atoms. The molecule has 2 atom stereocenters. The van der Waals surface area contributed by atoms with Gasteiger partial charge in [0, 0.05) is 6.04 Å². The van der Waals surface area contributed by atoms with E-state index in [9.17, 15) is 13.2 Å². The van der Waals surface area contributed by atoms with Crippen LogP contribution < -0.4 is 5.32 Å². The molecule has 1 rings (SSSR count). The van der Waals surface area contributed by atoms with E-state index in [0.29, 0.717) is 13.0 Å². The number of halogens is 3. The van der Waals surface area contributed by atoms with Gasteiger partial charge in [0.2, 0.25) is 0 Å². The first-order valence-corrected chi connectivity index (χ1v) is 3.47. The monoisotopic (exact) mass is 169 g/mol. The first-order valence-electron chi connectivity index (χ1n) is 3.47. The highest BCUT2D eigenvalue weighted by molar-refractivity contribution is 4.80. The quantitative estimate of drug-likeness (QED) is 0.638. The highest BCUT2D eigenvalue weighted by atomic mass is 19.4. The second-order valence-electron chi connectivity index (χ2n) is 2.63. The van der Waals surface area contributed by atoms with Gasteiger partial charge in [-0.05, 0) is 19.9 Å². The van der Waals surface area contributed by atoms with E-state index in [0.717, 1.165) is 0 Å². The summed E-state index contributed by atoms with van der Waals surface area (Å²) in [6, 6.07) is -0.198. The van der Waals surface area contributed by atoms with Crippen molar-refractivity contribution in [3.05, 3.63) is 0 Å². The molecule has 1 aliphatic rings. The summed E-state index contributed by atoms with van der Waals surface area (Å²) in [4.78, 5) is 0. The van der Waals surface area contributed by atoms with Gasteiger partial charge in [-0.15, -0.1) is 13.2 Å². The van der Waals surface area contributed by atoms with Crippen LogP contribution in [0.25, 0.3) is 0 Å². The molecule has 2 nitrogen and oxygen atoms in total. The van der Waals surface area contributed by atoms with Crippen LogP contribution in [0.1, 0.15) is 13.3 Å². The second kappa shape index (κ2) is 2.98. The molecule has 0 spiro atoms. The van der Waals surface area contributed by atoms with Crippen molar-refractivity contribution in [2.45, 2.75) is 31.9 Å². The zero-order valence-corrected chi connectivity index (χ0v) is 6.11. The van der Waals surface area contributed by atoms with Gasteiger partial charge in [-0.3, -0.25) is 4.74 Å². The maximum absolute atomic E-state index is 11.6. The second-order valence-corrected chi connectivity index (χ2v) is 2.63. The van der Waals surface area contributed by atoms with E-state index in [2.05, 4.69) is 10.1 Å². The SMILES string of the molecule is CC1NCCC1OC(F)(F)F. The van der Waals surface area contributed by atoms with Gasteiger partial charge in [0.15, 0.2) is 0 Å². The van der Waals surface area contributed by atoms with Gasteiger partial charge in [-0.25, -0.2) is 0 Å². The lowest BCUT2D eigenvalue weighted by Crippen LogP contribution is -2.33. The summed E-state index contributed by atoms with van der Waals surface area (Å²) in [7, 11) is 0. The zero-order chi connectivity index (χ0) is 8.48. The molecule has 0 aromatic carbocycles. The van der Waals surface area contributed by atoms with Crippen molar-refractivity contribution < 1.29 is 17.9 Å². The molecule has 5 heteroatoms. The Morgan fingerprint density at radius 3 is 2.45 bits per heavy atom. The van der Waals surface area contributed by atoms with Crippen molar-refractivity contribution in [1.29, 1.82) is 0 Å². The Balaban J connectivity index is 2.37. The summed E-state index contributed by atoms with van der Waals surface area (Å²) in [5, 5.41) is 2.87. The maximum atomic E-state index is 11.6. The van der Waals surface area contributed by atoms with Crippen LogP contribution in [0.3, 0.4) is 0 Å². The average Bonchev–Trinajstić information content (AvgIpc) is 2.12. The molecule has 2 unspecified atom stereocenters. The standard InChI is InChI=1S/C6H10F3NO/c1-4-5(2-3-10-4)11-6(7,8)9/h4-5,10H,2-3H2,1H3. The van der Waals surface area contributed by atoms with Crippen molar-refractivity contribution in [2.24, 2.45) is 0 Å². The Hall–Kier alpha value is -0.290. The molecule has 1 aliphatic heterocycles. The van der Waals surface area contributed by atoms with Crippen LogP contribution in [0.2, 0.25) is 0 Å². The van der Waals surface area contributed by atoms with E-state index in [1.54, 1.807) is 6.92 Å². The van der Waals surface area contributed by atoms with Gasteiger partial charge in [-0.1, -0.05) is 0 Å². The lowest BCUT2D eigenvalue weighted by atomic mass is 10.2. The molecule has 1 fully saturated rings. The minimum atomic E-state index is -4.50. The van der Waals surface area contributed by atoms with Gasteiger partial charge < -0.3 is 5.32 Å². The number of rotatable bonds is 1. The van der Waals surface area contributed by atoms with E-state index in [1.165, 1.54) is 0 Å². The van der Waals surface area contributed by atoms with Crippen LogP contribution >= 0.6 is 0 Å². The molecule has 66 valence electrons. The molecule has 1 saturated heterocycles. The summed E-state index contributed by atoms with van der Waals surface area (Å²) >= 11 is 0. The Labute approximate surface area is 62.7 Å². The van der Waals surface area contributed by atoms with E-state index in [4.69, 9.17) is 0 Å². The number of alkyl halides is 3. The molecule has 1 heterocycles. The number of ether oxygens (including phenoxy) is 1. The van der Waals surface area contributed by atoms with Crippen LogP contribution in [0.4, 0.5) is 13.2 Å². The Kier molecular flexibility index (Phi) is 2.39. The highest BCUT2D eigenvalue weighted by Gasteiger charge is 2.37. The van der Waals surface area contributed by atoms with E-state index < -0.39 is 12.5 Å². The summed E-state index contributed by atoms with van der Waals surface area (Å²) < 4.78 is 38.7. The van der Waals surface area contributed by atoms with E-state index in [-0.39, 0.29) is 6.04 Å². The number of hydrogen-bond acceptors (Lipinski definition) is 2. The number of hydrogen-bond donors (Lipinski definition) is 1. The van der Waals surface area contributed by atoms with Crippen LogP contribution in [0.15, 0.2) is 0 Å². The molecule has 0 saturated carbocycles. The highest BCUT2D eigenvalue weighted by Crippen LogP contribution is 2.23. The third kappa shape index (κ3) is 2.67. The van der Waals surface area contributed by atoms with Crippen LogP contribution in [0, 0.1) is 0 Å². The van der Waals surface area contributed by atoms with Crippen LogP contribution in [-0.4, -0.2) is 25.1 Å². The summed E-state index contributed by atoms with van der Waals surface area (Å²) in [5.41, 5.74) is 0. The fourth-order valence-electron chi connectivity index (χ4n) is 1.17. The molecule has 0 aliphatic carbocycles. The summed E-state index contributed by atoms with van der Waals surface area (Å²) in [5.74, 6) is 0. The largest absolute Gasteiger partial charge is 0.522 e. The Morgan fingerprint density at radius 2 is 2.09 bits per heavy atom. The Bertz CT molecular complexity index is 136. The first-order chi connectivity index (χ1) is 4.99. The molecule has 0 amide bonds. The van der Waals surface area contributed by atoms with Crippen molar-refractivity contribution in [2.75, 3.05) is 6.54 Å². The van der Waals surface area contributed by atoms with Gasteiger partial charge in [0.05, 0.1) is 6.10 Å². The summed E-state index contributed by atoms with van der Waals surface area (Å²) in [6.07, 6.45) is -4.78. The minimum absolute atomic E-state index is 0.198. The van der Waals surface area contributed by atoms with Gasteiger partial charge in [0.25, 0.3) is 0 Å². The molecule has 1 N–H and O–H groups in total. The molecular weight excluding hydrogens is 159 g/mol. The summed E-state index contributed by atoms with van der Waals surface area (Å²) in [6.45, 7) is 2.28. The molecular formula is C6H10F3NO. The third-order valence-corrected chi connectivity index (χ3v) is 1.74. The van der Waals surface area contributed by atoms with E-state index in [1.807, 2.05) is 0 Å². The zero-order valence-electron chi connectivity index (χ0n) is 6.11. The first kappa shape index (κ1) is 8.80. The fourth-order valence-corrected chi connectivity index (χ4v) is 1.17. The molecule has 0 aromatic heterocycles. The minimum Gasteiger partial charge on any atom is -0.312 e. The molecule has 0 radical (unpaired) electrons. The van der Waals surface area contributed by atoms with Crippen LogP contribution in [-0.2, 0) is 4.74 Å². The van der Waals surface area contributed by atoms with Gasteiger partial charge >= 0.3 is 6.36 Å². The molecule has 11 heavy (non-hydrogen) atoms. The van der Waals surface area contributed by atoms with Crippen LogP contribution in [0.5, 0.6) is 0 Å². The lowest BCUT2D eigenvalue weighted by molar-refractivity contribution is -0.342. The topological polar surface area (TPSA) is 21.3 Å². The fraction of sp³-hybridized carbons (Fsp3) is 1.00. The predicted octanol–water partition coefficient (Wildman–Crippen LogP) is 1.27. The van der Waals surface area contributed by atoms with E-state index >= 15 is 0 Å². The normalized spacial score (nSPS) is 32.7. The Morgan fingerprint density at radius 1 is 1.45 bits per heavy atom. The van der Waals surface area contributed by atoms with Crippen molar-refractivity contribution in [3.8, 4) is 0 Å². The maximum Gasteiger partial charge on any atom is 0.522 e. The van der Waals surface area contributed by atoms with Crippen molar-refractivity contribution in [3.63, 3.8) is 0 Å². The predicted molar refractivity (Wildman–Crippen MR) is 33.0 cm³/mol. The molecule has 0 aromatic rings. The van der Waals surface area contributed by atoms with Crippen molar-refractivity contribution >= 4 is 0 Å². The lowest BCUT2D eigenvalue weighted by Gasteiger charge is -2.17.